The van der Waals surface area contributed by atoms with E-state index in [0.717, 1.165) is 11.5 Å². The summed E-state index contributed by atoms with van der Waals surface area (Å²) in [5, 5.41) is 15.9. The number of anilines is 2. The Morgan fingerprint density at radius 2 is 2.15 bits per heavy atom. The van der Waals surface area contributed by atoms with Gasteiger partial charge in [-0.25, -0.2) is 13.6 Å². The predicted molar refractivity (Wildman–Crippen MR) is 75.4 cm³/mol. The summed E-state index contributed by atoms with van der Waals surface area (Å²) in [5.41, 5.74) is 6.51. The van der Waals surface area contributed by atoms with E-state index in [1.54, 1.807) is 12.4 Å². The average Bonchev–Trinajstić information content (AvgIpc) is 2.73. The second-order valence-electron chi connectivity index (χ2n) is 4.33. The van der Waals surface area contributed by atoms with Gasteiger partial charge in [0, 0.05) is 25.7 Å². The summed E-state index contributed by atoms with van der Waals surface area (Å²) in [6.45, 7) is 0.626. The van der Waals surface area contributed by atoms with Gasteiger partial charge in [0.05, 0.1) is 5.69 Å². The summed E-state index contributed by atoms with van der Waals surface area (Å²) in [5.74, 6) is 0.853. The molecule has 1 heterocycles. The van der Waals surface area contributed by atoms with Crippen LogP contribution in [0.15, 0.2) is 29.4 Å². The Morgan fingerprint density at radius 3 is 2.70 bits per heavy atom. The minimum atomic E-state index is -3.79. The van der Waals surface area contributed by atoms with Crippen LogP contribution in [-0.4, -0.2) is 29.7 Å². The van der Waals surface area contributed by atoms with E-state index in [1.165, 1.54) is 12.1 Å². The third-order valence-electron chi connectivity index (χ3n) is 2.80. The monoisotopic (exact) mass is 296 g/mol. The van der Waals surface area contributed by atoms with E-state index in [-0.39, 0.29) is 10.6 Å². The molecule has 0 atom stereocenters. The number of nitrogens with zero attached hydrogens (tertiary/aromatic N) is 3. The minimum Gasteiger partial charge on any atom is -0.398 e. The highest BCUT2D eigenvalue weighted by atomic mass is 32.2. The largest absolute Gasteiger partial charge is 0.398 e. The van der Waals surface area contributed by atoms with Gasteiger partial charge in [-0.1, -0.05) is 0 Å². The fourth-order valence-electron chi connectivity index (χ4n) is 1.77. The highest BCUT2D eigenvalue weighted by molar-refractivity contribution is 7.89. The summed E-state index contributed by atoms with van der Waals surface area (Å²) < 4.78 is 24.3. The Labute approximate surface area is 116 Å². The molecule has 0 aliphatic carbocycles. The number of rotatable bonds is 5. The van der Waals surface area contributed by atoms with Gasteiger partial charge in [0.2, 0.25) is 10.0 Å². The van der Waals surface area contributed by atoms with E-state index in [4.69, 9.17) is 10.9 Å². The number of aromatic nitrogens is 3. The maximum atomic E-state index is 11.2. The lowest BCUT2D eigenvalue weighted by Gasteiger charge is -2.09. The zero-order valence-electron chi connectivity index (χ0n) is 10.9. The Bertz CT molecular complexity index is 709. The van der Waals surface area contributed by atoms with Crippen LogP contribution in [0.3, 0.4) is 0 Å². The molecule has 2 aromatic rings. The fraction of sp³-hybridized carbons (Fsp3) is 0.273. The second-order valence-corrected chi connectivity index (χ2v) is 5.86. The lowest BCUT2D eigenvalue weighted by molar-refractivity contribution is 0.598. The molecule has 8 nitrogen and oxygen atoms in total. The first-order valence-electron chi connectivity index (χ1n) is 5.87. The molecule has 0 aliphatic heterocycles. The van der Waals surface area contributed by atoms with Crippen molar-refractivity contribution in [2.45, 2.75) is 11.3 Å². The van der Waals surface area contributed by atoms with Crippen LogP contribution in [0.5, 0.6) is 0 Å². The van der Waals surface area contributed by atoms with Crippen molar-refractivity contribution >= 4 is 21.4 Å². The van der Waals surface area contributed by atoms with Gasteiger partial charge < -0.3 is 15.6 Å². The predicted octanol–water partition coefficient (Wildman–Crippen LogP) is -0.301. The van der Waals surface area contributed by atoms with Crippen LogP contribution in [0.2, 0.25) is 0 Å². The van der Waals surface area contributed by atoms with E-state index in [2.05, 4.69) is 15.5 Å². The number of nitrogen functional groups attached to an aromatic ring is 1. The molecule has 0 saturated carbocycles. The molecule has 0 aliphatic rings. The van der Waals surface area contributed by atoms with Crippen molar-refractivity contribution in [1.29, 1.82) is 0 Å². The Morgan fingerprint density at radius 1 is 1.40 bits per heavy atom. The fourth-order valence-corrected chi connectivity index (χ4v) is 2.41. The van der Waals surface area contributed by atoms with Gasteiger partial charge in [-0.15, -0.1) is 10.2 Å². The molecule has 1 aromatic heterocycles. The molecule has 20 heavy (non-hydrogen) atoms. The molecule has 1 aromatic carbocycles. The highest BCUT2D eigenvalue weighted by Crippen LogP contribution is 2.21. The number of benzene rings is 1. The number of primary sulfonamides is 1. The Hall–Kier alpha value is -2.13. The van der Waals surface area contributed by atoms with Crippen LogP contribution >= 0.6 is 0 Å². The van der Waals surface area contributed by atoms with Crippen molar-refractivity contribution in [3.05, 3.63) is 30.4 Å². The summed E-state index contributed by atoms with van der Waals surface area (Å²) in [6.07, 6.45) is 2.32. The molecule has 0 amide bonds. The van der Waals surface area contributed by atoms with Crippen LogP contribution in [-0.2, 0) is 23.5 Å². The molecule has 0 saturated heterocycles. The third kappa shape index (κ3) is 3.25. The molecule has 5 N–H and O–H groups in total. The standard InChI is InChI=1S/C11H16N6O2S/c1-17-7-15-16-11(17)4-5-14-8-2-3-10(9(12)6-8)20(13,18)19/h2-3,6-7,14H,4-5,12H2,1H3,(H2,13,18,19). The molecule has 9 heteroatoms. The summed E-state index contributed by atoms with van der Waals surface area (Å²) >= 11 is 0. The maximum Gasteiger partial charge on any atom is 0.240 e. The molecular formula is C11H16N6O2S. The first-order chi connectivity index (χ1) is 9.38. The third-order valence-corrected chi connectivity index (χ3v) is 3.78. The summed E-state index contributed by atoms with van der Waals surface area (Å²) in [7, 11) is -1.92. The first kappa shape index (κ1) is 14.3. The lowest BCUT2D eigenvalue weighted by atomic mass is 10.2. The van der Waals surface area contributed by atoms with Gasteiger partial charge in [0.1, 0.15) is 17.0 Å². The smallest absolute Gasteiger partial charge is 0.240 e. The molecule has 0 spiro atoms. The van der Waals surface area contributed by atoms with E-state index >= 15 is 0 Å². The van der Waals surface area contributed by atoms with Gasteiger partial charge in [0.25, 0.3) is 0 Å². The highest BCUT2D eigenvalue weighted by Gasteiger charge is 2.12. The number of nitrogens with two attached hydrogens (primary N) is 2. The number of hydrogen-bond acceptors (Lipinski definition) is 6. The van der Waals surface area contributed by atoms with Crippen LogP contribution < -0.4 is 16.2 Å². The first-order valence-corrected chi connectivity index (χ1v) is 7.41. The number of sulfonamides is 1. The quantitative estimate of drug-likeness (QED) is 0.650. The summed E-state index contributed by atoms with van der Waals surface area (Å²) in [6, 6.07) is 4.54. The van der Waals surface area contributed by atoms with Gasteiger partial charge in [-0.05, 0) is 18.2 Å². The molecule has 0 fully saturated rings. The molecule has 108 valence electrons. The second kappa shape index (κ2) is 5.47. The molecule has 0 radical (unpaired) electrons. The zero-order chi connectivity index (χ0) is 14.8. The molecule has 0 bridgehead atoms. The Kier molecular flexibility index (Phi) is 3.91. The van der Waals surface area contributed by atoms with Crippen molar-refractivity contribution in [3.8, 4) is 0 Å². The van der Waals surface area contributed by atoms with Gasteiger partial charge in [-0.3, -0.25) is 0 Å². The van der Waals surface area contributed by atoms with Crippen LogP contribution in [0.4, 0.5) is 11.4 Å². The van der Waals surface area contributed by atoms with Crippen molar-refractivity contribution in [1.82, 2.24) is 14.8 Å². The van der Waals surface area contributed by atoms with E-state index in [9.17, 15) is 8.42 Å². The van der Waals surface area contributed by atoms with E-state index < -0.39 is 10.0 Å². The zero-order valence-corrected chi connectivity index (χ0v) is 11.8. The molecule has 2 rings (SSSR count). The molecular weight excluding hydrogens is 280 g/mol. The van der Waals surface area contributed by atoms with Crippen LogP contribution in [0, 0.1) is 0 Å². The molecule has 0 unspecified atom stereocenters. The normalized spacial score (nSPS) is 11.5. The number of aryl methyl sites for hydroxylation is 1. The van der Waals surface area contributed by atoms with E-state index in [0.29, 0.717) is 13.0 Å². The average molecular weight is 296 g/mol. The van der Waals surface area contributed by atoms with Crippen LogP contribution in [0.25, 0.3) is 0 Å². The number of hydrogen-bond donors (Lipinski definition) is 3. The minimum absolute atomic E-state index is 0.0728. The van der Waals surface area contributed by atoms with Gasteiger partial charge in [0.15, 0.2) is 0 Å². The van der Waals surface area contributed by atoms with Gasteiger partial charge in [-0.2, -0.15) is 0 Å². The topological polar surface area (TPSA) is 129 Å². The van der Waals surface area contributed by atoms with Crippen molar-refractivity contribution in [2.24, 2.45) is 12.2 Å². The van der Waals surface area contributed by atoms with Crippen molar-refractivity contribution in [2.75, 3.05) is 17.6 Å². The lowest BCUT2D eigenvalue weighted by Crippen LogP contribution is -2.15. The number of nitrogens with one attached hydrogen (secondary N) is 1. The SMILES string of the molecule is Cn1cnnc1CCNc1ccc(S(N)(=O)=O)c(N)c1. The van der Waals surface area contributed by atoms with E-state index in [1.807, 2.05) is 11.6 Å². The van der Waals surface area contributed by atoms with Crippen molar-refractivity contribution < 1.29 is 8.42 Å². The van der Waals surface area contributed by atoms with Crippen LogP contribution in [0.1, 0.15) is 5.82 Å². The maximum absolute atomic E-state index is 11.2. The summed E-state index contributed by atoms with van der Waals surface area (Å²) in [4.78, 5) is -0.0728. The Balaban J connectivity index is 2.01. The van der Waals surface area contributed by atoms with Gasteiger partial charge >= 0.3 is 0 Å². The van der Waals surface area contributed by atoms with Crippen molar-refractivity contribution in [3.63, 3.8) is 0 Å².